The lowest BCUT2D eigenvalue weighted by atomic mass is 10.1. The summed E-state index contributed by atoms with van der Waals surface area (Å²) in [7, 11) is 0. The zero-order valence-corrected chi connectivity index (χ0v) is 13.6. The predicted octanol–water partition coefficient (Wildman–Crippen LogP) is 4.52. The average molecular weight is 379 g/mol. The van der Waals surface area contributed by atoms with Crippen molar-refractivity contribution in [1.82, 2.24) is 5.16 Å². The maximum absolute atomic E-state index is 12.4. The van der Waals surface area contributed by atoms with Crippen LogP contribution < -0.4 is 9.47 Å². The van der Waals surface area contributed by atoms with Gasteiger partial charge < -0.3 is 19.1 Å². The molecule has 3 aromatic rings. The van der Waals surface area contributed by atoms with Crippen molar-refractivity contribution in [3.8, 4) is 22.8 Å². The van der Waals surface area contributed by atoms with E-state index in [-0.39, 0.29) is 23.7 Å². The molecule has 27 heavy (non-hydrogen) atoms. The van der Waals surface area contributed by atoms with Crippen LogP contribution in [0.3, 0.4) is 0 Å². The number of aromatic carboxylic acids is 1. The van der Waals surface area contributed by atoms with Crippen molar-refractivity contribution >= 4 is 5.97 Å². The van der Waals surface area contributed by atoms with Gasteiger partial charge >= 0.3 is 12.3 Å². The Morgan fingerprint density at radius 1 is 1.11 bits per heavy atom. The molecule has 9 heteroatoms. The topological polar surface area (TPSA) is 81.8 Å². The summed E-state index contributed by atoms with van der Waals surface area (Å²) in [6.07, 6.45) is -4.79. The summed E-state index contributed by atoms with van der Waals surface area (Å²) in [6, 6.07) is 13.4. The largest absolute Gasteiger partial charge is 0.573 e. The predicted molar refractivity (Wildman–Crippen MR) is 86.4 cm³/mol. The number of aromatic nitrogens is 1. The van der Waals surface area contributed by atoms with Gasteiger partial charge in [-0.3, -0.25) is 0 Å². The molecule has 0 bridgehead atoms. The molecular weight excluding hydrogens is 367 g/mol. The second kappa shape index (κ2) is 7.40. The van der Waals surface area contributed by atoms with Crippen molar-refractivity contribution in [2.45, 2.75) is 13.0 Å². The Balaban J connectivity index is 1.68. The summed E-state index contributed by atoms with van der Waals surface area (Å²) in [4.78, 5) is 10.8. The van der Waals surface area contributed by atoms with E-state index in [2.05, 4.69) is 14.4 Å². The highest BCUT2D eigenvalue weighted by Gasteiger charge is 2.32. The van der Waals surface area contributed by atoms with Crippen LogP contribution in [0, 0.1) is 0 Å². The van der Waals surface area contributed by atoms with Gasteiger partial charge in [-0.05, 0) is 30.3 Å². The number of carbonyl (C=O) groups is 1. The monoisotopic (exact) mass is 379 g/mol. The number of hydrogen-bond acceptors (Lipinski definition) is 5. The molecule has 1 heterocycles. The number of alkyl halides is 3. The van der Waals surface area contributed by atoms with Crippen molar-refractivity contribution in [1.29, 1.82) is 0 Å². The van der Waals surface area contributed by atoms with E-state index >= 15 is 0 Å². The number of carboxylic acids is 1. The highest BCUT2D eigenvalue weighted by Crippen LogP contribution is 2.28. The molecule has 1 aromatic heterocycles. The van der Waals surface area contributed by atoms with Crippen LogP contribution in [0.2, 0.25) is 0 Å². The van der Waals surface area contributed by atoms with E-state index in [0.29, 0.717) is 17.0 Å². The van der Waals surface area contributed by atoms with Gasteiger partial charge in [0.1, 0.15) is 23.8 Å². The summed E-state index contributed by atoms with van der Waals surface area (Å²) in [6.45, 7) is -0.126. The smallest absolute Gasteiger partial charge is 0.489 e. The lowest BCUT2D eigenvalue weighted by Gasteiger charge is -2.13. The summed E-state index contributed by atoms with van der Waals surface area (Å²) < 4.78 is 51.4. The van der Waals surface area contributed by atoms with Gasteiger partial charge in [0.25, 0.3) is 0 Å². The molecule has 0 saturated carbocycles. The molecule has 0 radical (unpaired) electrons. The van der Waals surface area contributed by atoms with Crippen LogP contribution in [0.25, 0.3) is 11.3 Å². The first kappa shape index (κ1) is 18.3. The highest BCUT2D eigenvalue weighted by molar-refractivity contribution is 5.85. The number of benzene rings is 2. The molecule has 3 rings (SSSR count). The fraction of sp³-hybridized carbons (Fsp3) is 0.111. The quantitative estimate of drug-likeness (QED) is 0.678. The normalized spacial score (nSPS) is 11.2. The average Bonchev–Trinajstić information content (AvgIpc) is 3.11. The third kappa shape index (κ3) is 4.78. The zero-order chi connectivity index (χ0) is 19.4. The molecule has 0 spiro atoms. The lowest BCUT2D eigenvalue weighted by Crippen LogP contribution is -2.18. The van der Waals surface area contributed by atoms with Crippen molar-refractivity contribution in [3.63, 3.8) is 0 Å². The van der Waals surface area contributed by atoms with Gasteiger partial charge in [0.2, 0.25) is 5.76 Å². The van der Waals surface area contributed by atoms with E-state index in [1.165, 1.54) is 24.3 Å². The molecule has 0 unspecified atom stereocenters. The minimum atomic E-state index is -4.79. The SMILES string of the molecule is O=C(O)c1cc(-c2ccc(OCc3ccccc3OC(F)(F)F)cc2)no1. The van der Waals surface area contributed by atoms with E-state index < -0.39 is 12.3 Å². The van der Waals surface area contributed by atoms with Gasteiger partial charge in [-0.1, -0.05) is 23.4 Å². The molecule has 0 aliphatic carbocycles. The standard InChI is InChI=1S/C18H12F3NO5/c19-18(20,21)26-15-4-2-1-3-12(15)10-25-13-7-5-11(6-8-13)14-9-16(17(23)24)27-22-14/h1-9H,10H2,(H,23,24). The molecule has 0 fully saturated rings. The number of carboxylic acid groups (broad SMARTS) is 1. The Labute approximate surface area is 150 Å². The second-order valence-electron chi connectivity index (χ2n) is 5.35. The Kier molecular flexibility index (Phi) is 5.02. The fourth-order valence-electron chi connectivity index (χ4n) is 2.24. The molecule has 0 amide bonds. The third-order valence-corrected chi connectivity index (χ3v) is 3.46. The number of nitrogens with zero attached hydrogens (tertiary/aromatic N) is 1. The van der Waals surface area contributed by atoms with Crippen LogP contribution in [0.4, 0.5) is 13.2 Å². The molecule has 0 aliphatic heterocycles. The van der Waals surface area contributed by atoms with Crippen LogP contribution in [0.5, 0.6) is 11.5 Å². The number of hydrogen-bond donors (Lipinski definition) is 1. The first-order valence-electron chi connectivity index (χ1n) is 7.59. The maximum Gasteiger partial charge on any atom is 0.573 e. The summed E-state index contributed by atoms with van der Waals surface area (Å²) in [5, 5.41) is 12.5. The minimum Gasteiger partial charge on any atom is -0.489 e. The van der Waals surface area contributed by atoms with E-state index in [1.54, 1.807) is 30.3 Å². The van der Waals surface area contributed by atoms with Gasteiger partial charge in [-0.25, -0.2) is 4.79 Å². The van der Waals surface area contributed by atoms with E-state index in [0.717, 1.165) is 0 Å². The number of ether oxygens (including phenoxy) is 2. The van der Waals surface area contributed by atoms with Crippen LogP contribution in [-0.4, -0.2) is 22.6 Å². The summed E-state index contributed by atoms with van der Waals surface area (Å²) in [5.74, 6) is -1.44. The van der Waals surface area contributed by atoms with Crippen molar-refractivity contribution in [2.24, 2.45) is 0 Å². The first-order valence-corrected chi connectivity index (χ1v) is 7.59. The molecule has 140 valence electrons. The zero-order valence-electron chi connectivity index (χ0n) is 13.6. The first-order chi connectivity index (χ1) is 12.8. The second-order valence-corrected chi connectivity index (χ2v) is 5.35. The maximum atomic E-state index is 12.4. The highest BCUT2D eigenvalue weighted by atomic mass is 19.4. The Morgan fingerprint density at radius 2 is 1.81 bits per heavy atom. The summed E-state index contributed by atoms with van der Waals surface area (Å²) >= 11 is 0. The molecule has 2 aromatic carbocycles. The van der Waals surface area contributed by atoms with Gasteiger partial charge in [0.05, 0.1) is 0 Å². The molecule has 0 saturated heterocycles. The fourth-order valence-corrected chi connectivity index (χ4v) is 2.24. The number of halogens is 3. The minimum absolute atomic E-state index is 0.126. The lowest BCUT2D eigenvalue weighted by molar-refractivity contribution is -0.275. The molecule has 6 nitrogen and oxygen atoms in total. The van der Waals surface area contributed by atoms with Gasteiger partial charge in [-0.2, -0.15) is 0 Å². The third-order valence-electron chi connectivity index (χ3n) is 3.46. The van der Waals surface area contributed by atoms with Crippen molar-refractivity contribution in [2.75, 3.05) is 0 Å². The number of rotatable bonds is 6. The van der Waals surface area contributed by atoms with E-state index in [9.17, 15) is 18.0 Å². The van der Waals surface area contributed by atoms with Crippen LogP contribution in [-0.2, 0) is 6.61 Å². The summed E-state index contributed by atoms with van der Waals surface area (Å²) in [5.41, 5.74) is 1.17. The van der Waals surface area contributed by atoms with Gasteiger partial charge in [0.15, 0.2) is 0 Å². The Bertz CT molecular complexity index is 935. The van der Waals surface area contributed by atoms with Crippen LogP contribution in [0.1, 0.15) is 16.1 Å². The molecular formula is C18H12F3NO5. The molecule has 0 aliphatic rings. The van der Waals surface area contributed by atoms with E-state index in [1.807, 2.05) is 0 Å². The van der Waals surface area contributed by atoms with E-state index in [4.69, 9.17) is 9.84 Å². The molecule has 0 atom stereocenters. The Morgan fingerprint density at radius 3 is 2.44 bits per heavy atom. The van der Waals surface area contributed by atoms with Crippen molar-refractivity contribution in [3.05, 3.63) is 65.9 Å². The number of para-hydroxylation sites is 1. The Hall–Kier alpha value is -3.49. The van der Waals surface area contributed by atoms with Crippen LogP contribution >= 0.6 is 0 Å². The van der Waals surface area contributed by atoms with Crippen LogP contribution in [0.15, 0.2) is 59.1 Å². The molecule has 1 N–H and O–H groups in total. The van der Waals surface area contributed by atoms with Gasteiger partial charge in [-0.15, -0.1) is 13.2 Å². The van der Waals surface area contributed by atoms with Crippen molar-refractivity contribution < 1.29 is 37.1 Å². The van der Waals surface area contributed by atoms with Gasteiger partial charge in [0, 0.05) is 17.2 Å².